The zero-order valence-electron chi connectivity index (χ0n) is 14.6. The van der Waals surface area contributed by atoms with Gasteiger partial charge in [0.05, 0.1) is 22.1 Å². The third-order valence-corrected chi connectivity index (χ3v) is 5.33. The molecule has 2 N–H and O–H groups in total. The fourth-order valence-electron chi connectivity index (χ4n) is 3.64. The third-order valence-electron chi connectivity index (χ3n) is 5.08. The van der Waals surface area contributed by atoms with Crippen LogP contribution in [0.1, 0.15) is 0 Å². The number of aromatic nitrogens is 3. The molecule has 1 aliphatic rings. The van der Waals surface area contributed by atoms with Crippen molar-refractivity contribution in [2.75, 3.05) is 31.1 Å². The van der Waals surface area contributed by atoms with Crippen molar-refractivity contribution in [3.8, 4) is 5.69 Å². The van der Waals surface area contributed by atoms with Crippen LogP contribution in [0.5, 0.6) is 0 Å². The lowest BCUT2D eigenvalue weighted by Gasteiger charge is -2.29. The van der Waals surface area contributed by atoms with Gasteiger partial charge in [-0.25, -0.2) is 4.68 Å². The summed E-state index contributed by atoms with van der Waals surface area (Å²) in [5.41, 5.74) is 3.45. The van der Waals surface area contributed by atoms with Crippen molar-refractivity contribution in [2.45, 2.75) is 0 Å². The van der Waals surface area contributed by atoms with Gasteiger partial charge in [-0.05, 0) is 42.5 Å². The monoisotopic (exact) mass is 379 g/mol. The van der Waals surface area contributed by atoms with Crippen molar-refractivity contribution in [3.05, 3.63) is 64.0 Å². The molecule has 6 nitrogen and oxygen atoms in total. The number of nitrogens with zero attached hydrogens (tertiary/aromatic N) is 3. The van der Waals surface area contributed by atoms with Gasteiger partial charge in [-0.1, -0.05) is 11.6 Å². The molecule has 0 spiro atoms. The maximum atomic E-state index is 12.9. The quantitative estimate of drug-likeness (QED) is 0.562. The molecule has 0 bridgehead atoms. The van der Waals surface area contributed by atoms with Crippen LogP contribution in [0.3, 0.4) is 0 Å². The zero-order valence-corrected chi connectivity index (χ0v) is 15.3. The Hall–Kier alpha value is -2.83. The van der Waals surface area contributed by atoms with Crippen molar-refractivity contribution < 1.29 is 0 Å². The van der Waals surface area contributed by atoms with Crippen LogP contribution in [-0.4, -0.2) is 40.9 Å². The summed E-state index contributed by atoms with van der Waals surface area (Å²) >= 11 is 5.97. The number of nitrogens with one attached hydrogen (secondary N) is 2. The van der Waals surface area contributed by atoms with Crippen molar-refractivity contribution >= 4 is 39.1 Å². The molecule has 5 rings (SSSR count). The fourth-order valence-corrected chi connectivity index (χ4v) is 3.76. The molecule has 7 heteroatoms. The van der Waals surface area contributed by atoms with E-state index in [0.717, 1.165) is 54.0 Å². The number of halogens is 1. The van der Waals surface area contributed by atoms with E-state index in [1.54, 1.807) is 23.0 Å². The van der Waals surface area contributed by atoms with Gasteiger partial charge in [0.25, 0.3) is 5.56 Å². The van der Waals surface area contributed by atoms with Crippen molar-refractivity contribution in [2.24, 2.45) is 0 Å². The minimum atomic E-state index is -0.116. The lowest BCUT2D eigenvalue weighted by atomic mass is 10.1. The van der Waals surface area contributed by atoms with Gasteiger partial charge in [0, 0.05) is 48.5 Å². The van der Waals surface area contributed by atoms with E-state index in [2.05, 4.69) is 32.4 Å². The topological polar surface area (TPSA) is 66.0 Å². The summed E-state index contributed by atoms with van der Waals surface area (Å²) in [6, 6.07) is 13.4. The Morgan fingerprint density at radius 2 is 1.70 bits per heavy atom. The van der Waals surface area contributed by atoms with Gasteiger partial charge >= 0.3 is 0 Å². The van der Waals surface area contributed by atoms with Crippen LogP contribution < -0.4 is 15.8 Å². The molecule has 136 valence electrons. The zero-order chi connectivity index (χ0) is 18.4. The van der Waals surface area contributed by atoms with Crippen molar-refractivity contribution in [3.63, 3.8) is 0 Å². The number of rotatable bonds is 2. The Balaban J connectivity index is 1.70. The van der Waals surface area contributed by atoms with Crippen LogP contribution in [-0.2, 0) is 0 Å². The van der Waals surface area contributed by atoms with Crippen LogP contribution in [0.4, 0.5) is 5.69 Å². The Bertz CT molecular complexity index is 1190. The molecule has 0 amide bonds. The van der Waals surface area contributed by atoms with Crippen LogP contribution in [0, 0.1) is 0 Å². The first kappa shape index (κ1) is 16.4. The molecule has 1 aliphatic heterocycles. The highest BCUT2D eigenvalue weighted by Crippen LogP contribution is 2.26. The highest BCUT2D eigenvalue weighted by Gasteiger charge is 2.15. The molecule has 3 heterocycles. The third kappa shape index (κ3) is 2.78. The second kappa shape index (κ2) is 6.40. The van der Waals surface area contributed by atoms with Gasteiger partial charge < -0.3 is 10.2 Å². The molecule has 1 saturated heterocycles. The summed E-state index contributed by atoms with van der Waals surface area (Å²) in [6.45, 7) is 3.89. The maximum absolute atomic E-state index is 12.9. The summed E-state index contributed by atoms with van der Waals surface area (Å²) in [6.07, 6.45) is 1.65. The second-order valence-electron chi connectivity index (χ2n) is 6.71. The highest BCUT2D eigenvalue weighted by atomic mass is 35.5. The largest absolute Gasteiger partial charge is 0.369 e. The predicted octanol–water partition coefficient (Wildman–Crippen LogP) is 2.93. The summed E-state index contributed by atoms with van der Waals surface area (Å²) in [4.78, 5) is 19.7. The number of piperazine rings is 1. The lowest BCUT2D eigenvalue weighted by molar-refractivity contribution is 0.589. The molecule has 2 aromatic carbocycles. The Kier molecular flexibility index (Phi) is 3.88. The molecule has 27 heavy (non-hydrogen) atoms. The molecule has 4 aromatic rings. The average Bonchev–Trinajstić information content (AvgIpc) is 3.06. The number of aromatic amines is 1. The van der Waals surface area contributed by atoms with E-state index < -0.39 is 0 Å². The van der Waals surface area contributed by atoms with E-state index in [0.29, 0.717) is 10.4 Å². The van der Waals surface area contributed by atoms with Crippen LogP contribution in [0.2, 0.25) is 5.02 Å². The van der Waals surface area contributed by atoms with Gasteiger partial charge in [-0.3, -0.25) is 14.9 Å². The molecule has 0 atom stereocenters. The standard InChI is InChI=1S/C20H18ClN5O/c21-13-1-3-14(4-2-13)26-20(27)17-12-23-18-6-5-15(11-16(18)19(17)24-26)25-9-7-22-8-10-25/h1-6,11-12,22,24H,7-10H2. The minimum Gasteiger partial charge on any atom is -0.369 e. The number of fused-ring (bicyclic) bond motifs is 3. The summed E-state index contributed by atoms with van der Waals surface area (Å²) in [5, 5.41) is 8.80. The normalized spacial score (nSPS) is 14.9. The van der Waals surface area contributed by atoms with Gasteiger partial charge in [-0.15, -0.1) is 0 Å². The van der Waals surface area contributed by atoms with Crippen LogP contribution in [0.15, 0.2) is 53.5 Å². The Morgan fingerprint density at radius 3 is 2.48 bits per heavy atom. The number of hydrogen-bond donors (Lipinski definition) is 2. The summed E-state index contributed by atoms with van der Waals surface area (Å²) in [5.74, 6) is 0. The smallest absolute Gasteiger partial charge is 0.280 e. The highest BCUT2D eigenvalue weighted by molar-refractivity contribution is 6.30. The number of benzene rings is 2. The van der Waals surface area contributed by atoms with Gasteiger partial charge in [-0.2, -0.15) is 0 Å². The molecular weight excluding hydrogens is 362 g/mol. The Morgan fingerprint density at radius 1 is 0.963 bits per heavy atom. The number of hydrogen-bond acceptors (Lipinski definition) is 4. The summed E-state index contributed by atoms with van der Waals surface area (Å²) in [7, 11) is 0. The van der Waals surface area contributed by atoms with E-state index in [9.17, 15) is 4.79 Å². The average molecular weight is 380 g/mol. The SMILES string of the molecule is O=c1c2cnc3ccc(N4CCNCC4)cc3c2[nH]n1-c1ccc(Cl)cc1. The fraction of sp³-hybridized carbons (Fsp3) is 0.200. The van der Waals surface area contributed by atoms with Crippen molar-refractivity contribution in [1.82, 2.24) is 20.1 Å². The molecule has 0 radical (unpaired) electrons. The molecular formula is C20H18ClN5O. The predicted molar refractivity (Wildman–Crippen MR) is 109 cm³/mol. The number of pyridine rings is 1. The van der Waals surface area contributed by atoms with E-state index in [1.165, 1.54) is 0 Å². The van der Waals surface area contributed by atoms with E-state index in [4.69, 9.17) is 11.6 Å². The van der Waals surface area contributed by atoms with Crippen molar-refractivity contribution in [1.29, 1.82) is 0 Å². The van der Waals surface area contributed by atoms with Crippen LogP contribution in [0.25, 0.3) is 27.5 Å². The molecule has 0 unspecified atom stereocenters. The molecule has 0 aliphatic carbocycles. The van der Waals surface area contributed by atoms with E-state index in [1.807, 2.05) is 18.2 Å². The molecule has 0 saturated carbocycles. The first-order chi connectivity index (χ1) is 13.2. The van der Waals surface area contributed by atoms with Gasteiger partial charge in [0.15, 0.2) is 0 Å². The first-order valence-electron chi connectivity index (χ1n) is 8.96. The van der Waals surface area contributed by atoms with E-state index in [-0.39, 0.29) is 5.56 Å². The molecule has 2 aromatic heterocycles. The van der Waals surface area contributed by atoms with Gasteiger partial charge in [0.2, 0.25) is 0 Å². The molecule has 1 fully saturated rings. The number of anilines is 1. The van der Waals surface area contributed by atoms with Gasteiger partial charge in [0.1, 0.15) is 0 Å². The summed E-state index contributed by atoms with van der Waals surface area (Å²) < 4.78 is 1.54. The maximum Gasteiger partial charge on any atom is 0.280 e. The first-order valence-corrected chi connectivity index (χ1v) is 9.33. The number of H-pyrrole nitrogens is 1. The Labute approximate surface area is 160 Å². The van der Waals surface area contributed by atoms with E-state index >= 15 is 0 Å². The second-order valence-corrected chi connectivity index (χ2v) is 7.15. The minimum absolute atomic E-state index is 0.116. The lowest BCUT2D eigenvalue weighted by Crippen LogP contribution is -2.43. The van der Waals surface area contributed by atoms with Crippen LogP contribution >= 0.6 is 11.6 Å².